The molecule has 0 radical (unpaired) electrons. The molecule has 0 spiro atoms. The van der Waals surface area contributed by atoms with Gasteiger partial charge in [0, 0.05) is 24.8 Å². The van der Waals surface area contributed by atoms with Gasteiger partial charge in [0.2, 0.25) is 11.8 Å². The van der Waals surface area contributed by atoms with Gasteiger partial charge in [-0.15, -0.1) is 0 Å². The number of hydrogen-bond donors (Lipinski definition) is 2. The van der Waals surface area contributed by atoms with Gasteiger partial charge >= 0.3 is 0 Å². The Morgan fingerprint density at radius 1 is 1.32 bits per heavy atom. The number of piperidine rings is 1. The van der Waals surface area contributed by atoms with E-state index in [1.54, 1.807) is 24.3 Å². The molecule has 1 aromatic carbocycles. The highest BCUT2D eigenvalue weighted by molar-refractivity contribution is 6.21. The van der Waals surface area contributed by atoms with Gasteiger partial charge in [0.15, 0.2) is 6.04 Å². The molecule has 2 aliphatic heterocycles. The van der Waals surface area contributed by atoms with E-state index in [0.717, 1.165) is 4.90 Å². The van der Waals surface area contributed by atoms with E-state index in [2.05, 4.69) is 0 Å². The molecule has 7 nitrogen and oxygen atoms in total. The molecule has 7 heteroatoms. The maximum atomic E-state index is 12.9. The van der Waals surface area contributed by atoms with Gasteiger partial charge in [-0.2, -0.15) is 0 Å². The van der Waals surface area contributed by atoms with Crippen LogP contribution in [0.3, 0.4) is 0 Å². The number of primary amides is 1. The SMILES string of the molecule is CCOc1cccc(N2C(=O)CC([NH+]3CCC(C(N)=O)CC3)C2=O)c1. The number of rotatable bonds is 5. The topological polar surface area (TPSA) is 94.1 Å². The maximum Gasteiger partial charge on any atom is 0.292 e. The van der Waals surface area contributed by atoms with Gasteiger partial charge in [-0.3, -0.25) is 14.4 Å². The van der Waals surface area contributed by atoms with Crippen molar-refractivity contribution < 1.29 is 24.0 Å². The molecule has 134 valence electrons. The zero-order chi connectivity index (χ0) is 18.0. The van der Waals surface area contributed by atoms with Crippen LogP contribution in [0.2, 0.25) is 0 Å². The summed E-state index contributed by atoms with van der Waals surface area (Å²) in [5.41, 5.74) is 5.91. The van der Waals surface area contributed by atoms with Crippen LogP contribution in [0.4, 0.5) is 5.69 Å². The first-order valence-corrected chi connectivity index (χ1v) is 8.74. The third-order valence-corrected chi connectivity index (χ3v) is 5.06. The van der Waals surface area contributed by atoms with Crippen LogP contribution >= 0.6 is 0 Å². The second kappa shape index (κ2) is 7.23. The maximum absolute atomic E-state index is 12.9. The number of carbonyl (C=O) groups excluding carboxylic acids is 3. The third kappa shape index (κ3) is 3.51. The van der Waals surface area contributed by atoms with Gasteiger partial charge in [-0.05, 0) is 19.1 Å². The number of carbonyl (C=O) groups is 3. The fourth-order valence-electron chi connectivity index (χ4n) is 3.72. The first-order valence-electron chi connectivity index (χ1n) is 8.74. The summed E-state index contributed by atoms with van der Waals surface area (Å²) in [4.78, 5) is 38.9. The summed E-state index contributed by atoms with van der Waals surface area (Å²) in [6, 6.07) is 6.66. The Labute approximate surface area is 146 Å². The molecule has 3 N–H and O–H groups in total. The normalized spacial score (nSPS) is 26.8. The van der Waals surface area contributed by atoms with Crippen molar-refractivity contribution in [1.29, 1.82) is 0 Å². The number of ether oxygens (including phenoxy) is 1. The standard InChI is InChI=1S/C18H23N3O4/c1-2-25-14-5-3-4-13(10-14)21-16(22)11-15(18(21)24)20-8-6-12(7-9-20)17(19)23/h3-5,10,12,15H,2,6-9,11H2,1H3,(H2,19,23)/p+1. The smallest absolute Gasteiger partial charge is 0.292 e. The van der Waals surface area contributed by atoms with E-state index < -0.39 is 0 Å². The number of benzene rings is 1. The Morgan fingerprint density at radius 3 is 2.68 bits per heavy atom. The van der Waals surface area contributed by atoms with Gasteiger partial charge in [0.25, 0.3) is 5.91 Å². The monoisotopic (exact) mass is 346 g/mol. The lowest BCUT2D eigenvalue weighted by molar-refractivity contribution is -0.920. The summed E-state index contributed by atoms with van der Waals surface area (Å²) in [6.45, 7) is 3.77. The molecule has 0 bridgehead atoms. The summed E-state index contributed by atoms with van der Waals surface area (Å²) in [5.74, 6) is -0.116. The predicted molar refractivity (Wildman–Crippen MR) is 91.1 cm³/mol. The van der Waals surface area contributed by atoms with E-state index in [-0.39, 0.29) is 36.1 Å². The van der Waals surface area contributed by atoms with Crippen molar-refractivity contribution >= 4 is 23.4 Å². The van der Waals surface area contributed by atoms with E-state index in [1.807, 2.05) is 6.92 Å². The first kappa shape index (κ1) is 17.4. The van der Waals surface area contributed by atoms with Crippen LogP contribution in [0, 0.1) is 5.92 Å². The second-order valence-electron chi connectivity index (χ2n) is 6.59. The molecule has 0 saturated carbocycles. The number of hydrogen-bond acceptors (Lipinski definition) is 4. The van der Waals surface area contributed by atoms with Crippen molar-refractivity contribution in [3.63, 3.8) is 0 Å². The molecule has 2 saturated heterocycles. The molecule has 1 atom stereocenters. The van der Waals surface area contributed by atoms with Crippen LogP contribution in [-0.4, -0.2) is 43.5 Å². The summed E-state index contributed by atoms with van der Waals surface area (Å²) < 4.78 is 5.46. The number of nitrogens with two attached hydrogens (primary N) is 1. The fourth-order valence-corrected chi connectivity index (χ4v) is 3.72. The first-order chi connectivity index (χ1) is 12.0. The molecule has 2 heterocycles. The van der Waals surface area contributed by atoms with E-state index in [1.165, 1.54) is 4.90 Å². The predicted octanol–water partition coefficient (Wildman–Crippen LogP) is -0.503. The molecule has 0 aliphatic carbocycles. The zero-order valence-electron chi connectivity index (χ0n) is 14.4. The molecule has 25 heavy (non-hydrogen) atoms. The van der Waals surface area contributed by atoms with Crippen molar-refractivity contribution in [1.82, 2.24) is 0 Å². The molecule has 1 aromatic rings. The van der Waals surface area contributed by atoms with Crippen LogP contribution in [0.1, 0.15) is 26.2 Å². The van der Waals surface area contributed by atoms with Gasteiger partial charge in [-0.25, -0.2) is 4.90 Å². The van der Waals surface area contributed by atoms with Crippen molar-refractivity contribution in [3.05, 3.63) is 24.3 Å². The lowest BCUT2D eigenvalue weighted by Gasteiger charge is -2.30. The minimum Gasteiger partial charge on any atom is -0.494 e. The molecule has 3 amide bonds. The number of amides is 3. The van der Waals surface area contributed by atoms with Crippen molar-refractivity contribution in [2.24, 2.45) is 11.7 Å². The Hall–Kier alpha value is -2.41. The molecule has 2 aliphatic rings. The largest absolute Gasteiger partial charge is 0.494 e. The van der Waals surface area contributed by atoms with Crippen LogP contribution in [0.5, 0.6) is 5.75 Å². The van der Waals surface area contributed by atoms with E-state index in [0.29, 0.717) is 44.0 Å². The Balaban J connectivity index is 1.72. The minimum atomic E-state index is -0.378. The molecule has 1 unspecified atom stereocenters. The molecule has 0 aromatic heterocycles. The average Bonchev–Trinajstić information content (AvgIpc) is 2.90. The number of nitrogens with zero attached hydrogens (tertiary/aromatic N) is 1. The van der Waals surface area contributed by atoms with Crippen molar-refractivity contribution in [2.45, 2.75) is 32.2 Å². The average molecular weight is 346 g/mol. The summed E-state index contributed by atoms with van der Waals surface area (Å²) in [6.07, 6.45) is 1.54. The second-order valence-corrected chi connectivity index (χ2v) is 6.59. The Bertz CT molecular complexity index is 683. The van der Waals surface area contributed by atoms with E-state index >= 15 is 0 Å². The molecular formula is C18H24N3O4+. The number of imide groups is 1. The Morgan fingerprint density at radius 2 is 2.04 bits per heavy atom. The Kier molecular flexibility index (Phi) is 5.03. The van der Waals surface area contributed by atoms with Crippen LogP contribution in [0.15, 0.2) is 24.3 Å². The molecular weight excluding hydrogens is 322 g/mol. The van der Waals surface area contributed by atoms with Crippen molar-refractivity contribution in [3.8, 4) is 5.75 Å². The number of likely N-dealkylation sites (tertiary alicyclic amines) is 1. The number of quaternary nitrogens is 1. The van der Waals surface area contributed by atoms with Crippen LogP contribution in [-0.2, 0) is 14.4 Å². The highest BCUT2D eigenvalue weighted by atomic mass is 16.5. The molecule has 2 fully saturated rings. The van der Waals surface area contributed by atoms with Gasteiger partial charge in [0.1, 0.15) is 5.75 Å². The van der Waals surface area contributed by atoms with Crippen LogP contribution < -0.4 is 20.3 Å². The third-order valence-electron chi connectivity index (χ3n) is 5.06. The van der Waals surface area contributed by atoms with Gasteiger partial charge in [0.05, 0.1) is 31.8 Å². The summed E-state index contributed by atoms with van der Waals surface area (Å²) in [5, 5.41) is 0. The summed E-state index contributed by atoms with van der Waals surface area (Å²) in [7, 11) is 0. The van der Waals surface area contributed by atoms with Crippen molar-refractivity contribution in [2.75, 3.05) is 24.6 Å². The molecule has 3 rings (SSSR count). The highest BCUT2D eigenvalue weighted by Gasteiger charge is 2.46. The van der Waals surface area contributed by atoms with E-state index in [9.17, 15) is 14.4 Å². The zero-order valence-corrected chi connectivity index (χ0v) is 14.4. The summed E-state index contributed by atoms with van der Waals surface area (Å²) >= 11 is 0. The number of anilines is 1. The van der Waals surface area contributed by atoms with Gasteiger partial charge in [-0.1, -0.05) is 6.07 Å². The number of nitrogens with one attached hydrogen (secondary N) is 1. The lowest BCUT2D eigenvalue weighted by Crippen LogP contribution is -3.17. The lowest BCUT2D eigenvalue weighted by atomic mass is 9.95. The van der Waals surface area contributed by atoms with Gasteiger partial charge < -0.3 is 15.4 Å². The minimum absolute atomic E-state index is 0.116. The quantitative estimate of drug-likeness (QED) is 0.703. The highest BCUT2D eigenvalue weighted by Crippen LogP contribution is 2.26. The van der Waals surface area contributed by atoms with E-state index in [4.69, 9.17) is 10.5 Å². The fraction of sp³-hybridized carbons (Fsp3) is 0.500. The van der Waals surface area contributed by atoms with Crippen LogP contribution in [0.25, 0.3) is 0 Å².